The third-order valence-electron chi connectivity index (χ3n) is 6.56. The van der Waals surface area contributed by atoms with E-state index in [1.165, 1.54) is 15.8 Å². The Morgan fingerprint density at radius 1 is 1.10 bits per heavy atom. The number of nitrogens with one attached hydrogen (secondary N) is 3. The normalized spacial score (nSPS) is 16.5. The third-order valence-corrected chi connectivity index (χ3v) is 6.56. The van der Waals surface area contributed by atoms with E-state index in [0.29, 0.717) is 29.1 Å². The van der Waals surface area contributed by atoms with E-state index in [1.54, 1.807) is 37.4 Å². The van der Waals surface area contributed by atoms with Crippen LogP contribution in [0, 0.1) is 0 Å². The van der Waals surface area contributed by atoms with E-state index < -0.39 is 17.9 Å². The smallest absolute Gasteiger partial charge is 0.273 e. The lowest BCUT2D eigenvalue weighted by molar-refractivity contribution is -0.137. The zero-order valence-electron chi connectivity index (χ0n) is 21.0. The molecule has 13 heteroatoms. The highest BCUT2D eigenvalue weighted by Gasteiger charge is 2.39. The van der Waals surface area contributed by atoms with Crippen LogP contribution in [0.15, 0.2) is 48.7 Å². The molecule has 0 radical (unpaired) electrons. The summed E-state index contributed by atoms with van der Waals surface area (Å²) in [5.41, 5.74) is 2.62. The molecule has 0 spiro atoms. The summed E-state index contributed by atoms with van der Waals surface area (Å²) in [6.07, 6.45) is 1.87. The predicted molar refractivity (Wildman–Crippen MR) is 135 cm³/mol. The van der Waals surface area contributed by atoms with Crippen molar-refractivity contribution < 1.29 is 28.7 Å². The second-order valence-electron chi connectivity index (χ2n) is 9.10. The summed E-state index contributed by atoms with van der Waals surface area (Å²) >= 11 is 0. The summed E-state index contributed by atoms with van der Waals surface area (Å²) in [6.45, 7) is 0.275. The maximum atomic E-state index is 12.9. The van der Waals surface area contributed by atoms with Crippen molar-refractivity contribution in [2.45, 2.75) is 32.0 Å². The van der Waals surface area contributed by atoms with Crippen molar-refractivity contribution in [2.24, 2.45) is 0 Å². The first kappa shape index (κ1) is 25.6. The highest BCUT2D eigenvalue weighted by atomic mass is 16.5. The van der Waals surface area contributed by atoms with E-state index in [-0.39, 0.29) is 49.3 Å². The molecule has 5 amide bonds. The van der Waals surface area contributed by atoms with Gasteiger partial charge in [0.05, 0.1) is 25.5 Å². The van der Waals surface area contributed by atoms with Crippen LogP contribution in [-0.2, 0) is 27.5 Å². The van der Waals surface area contributed by atoms with Gasteiger partial charge in [-0.2, -0.15) is 0 Å². The maximum absolute atomic E-state index is 12.9. The molecule has 1 unspecified atom stereocenters. The van der Waals surface area contributed by atoms with Crippen LogP contribution >= 0.6 is 0 Å². The first-order chi connectivity index (χ1) is 18.8. The number of imide groups is 1. The molecule has 2 aliphatic heterocycles. The van der Waals surface area contributed by atoms with E-state index in [2.05, 4.69) is 26.3 Å². The molecule has 3 heterocycles. The van der Waals surface area contributed by atoms with Crippen molar-refractivity contribution in [2.75, 3.05) is 13.7 Å². The molecule has 1 fully saturated rings. The molecular weight excluding hydrogens is 506 g/mol. The molecule has 200 valence electrons. The molecule has 2 aromatic carbocycles. The van der Waals surface area contributed by atoms with Crippen molar-refractivity contribution in [3.63, 3.8) is 0 Å². The van der Waals surface area contributed by atoms with E-state index in [9.17, 15) is 24.0 Å². The van der Waals surface area contributed by atoms with E-state index in [0.717, 1.165) is 5.56 Å². The molecule has 0 bridgehead atoms. The Bertz CT molecular complexity index is 1470. The Morgan fingerprint density at radius 2 is 1.90 bits per heavy atom. The number of carbonyl (C=O) groups is 5. The topological polar surface area (TPSA) is 165 Å². The summed E-state index contributed by atoms with van der Waals surface area (Å²) in [4.78, 5) is 62.7. The van der Waals surface area contributed by atoms with Crippen LogP contribution in [0.3, 0.4) is 0 Å². The zero-order valence-corrected chi connectivity index (χ0v) is 21.0. The summed E-state index contributed by atoms with van der Waals surface area (Å²) in [5.74, 6) is -1.32. The highest BCUT2D eigenvalue weighted by molar-refractivity contribution is 6.05. The Kier molecular flexibility index (Phi) is 7.04. The van der Waals surface area contributed by atoms with Gasteiger partial charge in [0.25, 0.3) is 11.8 Å². The fraction of sp³-hybridized carbons (Fsp3) is 0.269. The van der Waals surface area contributed by atoms with Gasteiger partial charge in [0.2, 0.25) is 17.7 Å². The van der Waals surface area contributed by atoms with Crippen molar-refractivity contribution >= 4 is 29.5 Å². The van der Waals surface area contributed by atoms with Crippen molar-refractivity contribution in [3.05, 3.63) is 71.0 Å². The number of benzene rings is 2. The van der Waals surface area contributed by atoms with Gasteiger partial charge < -0.3 is 20.3 Å². The van der Waals surface area contributed by atoms with Gasteiger partial charge in [0.15, 0.2) is 5.69 Å². The maximum Gasteiger partial charge on any atom is 0.273 e. The minimum atomic E-state index is -0.707. The van der Waals surface area contributed by atoms with Gasteiger partial charge >= 0.3 is 0 Å². The molecule has 2 aliphatic rings. The molecule has 0 aliphatic carbocycles. The molecule has 1 atom stereocenters. The van der Waals surface area contributed by atoms with Crippen molar-refractivity contribution in [3.8, 4) is 11.4 Å². The fourth-order valence-corrected chi connectivity index (χ4v) is 4.46. The van der Waals surface area contributed by atoms with E-state index in [4.69, 9.17) is 4.74 Å². The van der Waals surface area contributed by atoms with Crippen molar-refractivity contribution in [1.29, 1.82) is 0 Å². The lowest BCUT2D eigenvalue weighted by Crippen LogP contribution is -2.52. The summed E-state index contributed by atoms with van der Waals surface area (Å²) in [5, 5.41) is 15.4. The van der Waals surface area contributed by atoms with Crippen LogP contribution in [0.4, 0.5) is 0 Å². The number of piperidine rings is 1. The number of hydrogen-bond acceptors (Lipinski definition) is 8. The van der Waals surface area contributed by atoms with E-state index in [1.807, 2.05) is 12.1 Å². The average Bonchev–Trinajstić information content (AvgIpc) is 3.56. The standard InChI is InChI=1S/C26H25N7O6/c1-39-18-5-2-15(3-6-18)11-27-23(35)12-28-24(36)20-14-33(31-30-20)17-4-7-19-16(10-17)13-32(26(19)38)21-8-9-22(34)29-25(21)37/h2-7,10,14,21H,8-9,11-13H2,1H3,(H,27,35)(H,28,36)(H,29,34,37). The fourth-order valence-electron chi connectivity index (χ4n) is 4.46. The number of hydrogen-bond donors (Lipinski definition) is 3. The van der Waals surface area contributed by atoms with E-state index >= 15 is 0 Å². The summed E-state index contributed by atoms with van der Waals surface area (Å²) < 4.78 is 6.49. The molecule has 1 saturated heterocycles. The number of fused-ring (bicyclic) bond motifs is 1. The van der Waals surface area contributed by atoms with Crippen LogP contribution in [0.2, 0.25) is 0 Å². The monoisotopic (exact) mass is 531 g/mol. The Morgan fingerprint density at radius 3 is 2.64 bits per heavy atom. The van der Waals surface area contributed by atoms with Gasteiger partial charge in [0.1, 0.15) is 11.8 Å². The minimum absolute atomic E-state index is 0.0136. The second-order valence-corrected chi connectivity index (χ2v) is 9.10. The van der Waals surface area contributed by atoms with Crippen molar-refractivity contribution in [1.82, 2.24) is 35.8 Å². The molecular formula is C26H25N7O6. The number of aromatic nitrogens is 3. The molecule has 39 heavy (non-hydrogen) atoms. The first-order valence-electron chi connectivity index (χ1n) is 12.2. The SMILES string of the molecule is COc1ccc(CNC(=O)CNC(=O)c2cn(-c3ccc4c(c3)CN(C3CCC(=O)NC3=O)C4=O)nn2)cc1. The average molecular weight is 532 g/mol. The molecule has 3 N–H and O–H groups in total. The third kappa shape index (κ3) is 5.46. The molecule has 1 aromatic heterocycles. The van der Waals surface area contributed by atoms with Gasteiger partial charge in [-0.05, 0) is 47.9 Å². The Balaban J connectivity index is 1.17. The quantitative estimate of drug-likeness (QED) is 0.344. The lowest BCUT2D eigenvalue weighted by atomic mass is 10.0. The van der Waals surface area contributed by atoms with Crippen LogP contribution in [-0.4, -0.2) is 69.1 Å². The highest BCUT2D eigenvalue weighted by Crippen LogP contribution is 2.29. The zero-order chi connectivity index (χ0) is 27.5. The summed E-state index contributed by atoms with van der Waals surface area (Å²) in [6, 6.07) is 11.6. The van der Waals surface area contributed by atoms with Crippen LogP contribution < -0.4 is 20.7 Å². The van der Waals surface area contributed by atoms with Gasteiger partial charge in [0, 0.05) is 25.1 Å². The molecule has 3 aromatic rings. The molecule has 5 rings (SSSR count). The van der Waals surface area contributed by atoms with Gasteiger partial charge in [-0.3, -0.25) is 29.3 Å². The predicted octanol–water partition coefficient (Wildman–Crippen LogP) is 0.0831. The molecule has 0 saturated carbocycles. The lowest BCUT2D eigenvalue weighted by Gasteiger charge is -2.29. The van der Waals surface area contributed by atoms with Gasteiger partial charge in [-0.25, -0.2) is 4.68 Å². The number of carbonyl (C=O) groups excluding carboxylic acids is 5. The number of ether oxygens (including phenoxy) is 1. The largest absolute Gasteiger partial charge is 0.497 e. The number of amides is 5. The van der Waals surface area contributed by atoms with Gasteiger partial charge in [-0.15, -0.1) is 5.10 Å². The molecule has 13 nitrogen and oxygen atoms in total. The van der Waals surface area contributed by atoms with Gasteiger partial charge in [-0.1, -0.05) is 17.3 Å². The number of nitrogens with zero attached hydrogens (tertiary/aromatic N) is 4. The Labute approximate surface area is 222 Å². The number of rotatable bonds is 8. The van der Waals surface area contributed by atoms with Crippen LogP contribution in [0.5, 0.6) is 5.75 Å². The van der Waals surface area contributed by atoms with Crippen LogP contribution in [0.25, 0.3) is 5.69 Å². The minimum Gasteiger partial charge on any atom is -0.497 e. The summed E-state index contributed by atoms with van der Waals surface area (Å²) in [7, 11) is 1.57. The van der Waals surface area contributed by atoms with Crippen LogP contribution in [0.1, 0.15) is 44.8 Å². The Hall–Kier alpha value is -5.07. The first-order valence-corrected chi connectivity index (χ1v) is 12.2. The number of methoxy groups -OCH3 is 1. The second kappa shape index (κ2) is 10.7.